The van der Waals surface area contributed by atoms with Crippen LogP contribution in [0, 0.1) is 0 Å². The van der Waals surface area contributed by atoms with E-state index in [4.69, 9.17) is 11.6 Å². The number of aryl methyl sites for hydroxylation is 2. The molecule has 0 fully saturated rings. The first kappa shape index (κ1) is 16.9. The molecule has 0 N–H and O–H groups in total. The Kier molecular flexibility index (Phi) is 4.77. The lowest BCUT2D eigenvalue weighted by atomic mass is 9.86. The summed E-state index contributed by atoms with van der Waals surface area (Å²) in [7, 11) is 0. The van der Waals surface area contributed by atoms with E-state index in [0.29, 0.717) is 5.56 Å². The van der Waals surface area contributed by atoms with Gasteiger partial charge in [0.25, 0.3) is 5.24 Å². The molecule has 3 heteroatoms. The number of halogens is 1. The van der Waals surface area contributed by atoms with Crippen molar-refractivity contribution < 1.29 is 9.21 Å². The molecule has 0 amide bonds. The Morgan fingerprint density at radius 2 is 1.65 bits per heavy atom. The van der Waals surface area contributed by atoms with Crippen molar-refractivity contribution in [2.45, 2.75) is 25.7 Å². The summed E-state index contributed by atoms with van der Waals surface area (Å²) in [5.41, 5.74) is 3.57. The Morgan fingerprint density at radius 3 is 2.42 bits per heavy atom. The van der Waals surface area contributed by atoms with Crippen LogP contribution in [-0.2, 0) is 12.8 Å². The van der Waals surface area contributed by atoms with Gasteiger partial charge in [-0.3, -0.25) is 4.79 Å². The van der Waals surface area contributed by atoms with Crippen molar-refractivity contribution in [2.75, 3.05) is 0 Å². The number of carbonyl (C=O) groups is 1. The molecule has 0 aliphatic heterocycles. The van der Waals surface area contributed by atoms with E-state index in [2.05, 4.69) is 52.9 Å². The van der Waals surface area contributed by atoms with Gasteiger partial charge in [0, 0.05) is 0 Å². The number of furan rings is 1. The summed E-state index contributed by atoms with van der Waals surface area (Å²) < 4.78 is 4.57. The third-order valence-corrected chi connectivity index (χ3v) is 5.22. The normalized spacial score (nSPS) is 13.1. The second-order valence-electron chi connectivity index (χ2n) is 6.58. The van der Waals surface area contributed by atoms with Gasteiger partial charge < -0.3 is 4.42 Å². The molecule has 26 heavy (non-hydrogen) atoms. The monoisotopic (exact) mass is 362 g/mol. The van der Waals surface area contributed by atoms with Crippen LogP contribution in [0.1, 0.15) is 34.3 Å². The Labute approximate surface area is 157 Å². The number of rotatable bonds is 1. The predicted molar refractivity (Wildman–Crippen MR) is 107 cm³/mol. The minimum absolute atomic E-state index is 0.395. The van der Waals surface area contributed by atoms with Crippen LogP contribution in [0.3, 0.4) is 0 Å². The SMILES string of the molecule is O=C(Cl)c1ccoc1.c1ccc2c(c1)ccc1c3c(ccc12)CCCC3. The number of carbonyl (C=O) groups excluding carboxylic acids is 1. The molecule has 1 heterocycles. The third-order valence-electron chi connectivity index (χ3n) is 5.01. The predicted octanol–water partition coefficient (Wildman–Crippen LogP) is 6.53. The highest BCUT2D eigenvalue weighted by Crippen LogP contribution is 2.33. The summed E-state index contributed by atoms with van der Waals surface area (Å²) in [6.45, 7) is 0. The van der Waals surface area contributed by atoms with Gasteiger partial charge in [-0.2, -0.15) is 0 Å². The fourth-order valence-corrected chi connectivity index (χ4v) is 3.83. The second kappa shape index (κ2) is 7.35. The maximum absolute atomic E-state index is 10.2. The Balaban J connectivity index is 0.000000178. The van der Waals surface area contributed by atoms with E-state index >= 15 is 0 Å². The minimum Gasteiger partial charge on any atom is -0.472 e. The standard InChI is InChI=1S/C18H16.C5H3ClO2/c1-3-7-15-13(5-1)9-11-18-16-8-4-2-6-14(16)10-12-17(15)18;6-5(7)4-1-2-8-3-4/h1,3,5,7,9-12H,2,4,6,8H2;1-3H. The van der Waals surface area contributed by atoms with Crippen molar-refractivity contribution in [2.24, 2.45) is 0 Å². The molecule has 130 valence electrons. The molecule has 0 bridgehead atoms. The zero-order valence-electron chi connectivity index (χ0n) is 14.4. The molecular weight excluding hydrogens is 344 g/mol. The lowest BCUT2D eigenvalue weighted by molar-refractivity contribution is 0.108. The van der Waals surface area contributed by atoms with Gasteiger partial charge >= 0.3 is 0 Å². The second-order valence-corrected chi connectivity index (χ2v) is 6.92. The van der Waals surface area contributed by atoms with E-state index in [1.54, 1.807) is 11.1 Å². The van der Waals surface area contributed by atoms with Crippen LogP contribution in [0.5, 0.6) is 0 Å². The largest absolute Gasteiger partial charge is 0.472 e. The lowest BCUT2D eigenvalue weighted by Gasteiger charge is -2.18. The molecule has 2 nitrogen and oxygen atoms in total. The molecule has 0 atom stereocenters. The lowest BCUT2D eigenvalue weighted by Crippen LogP contribution is -2.02. The molecule has 0 saturated heterocycles. The maximum Gasteiger partial charge on any atom is 0.255 e. The van der Waals surface area contributed by atoms with Crippen LogP contribution in [0.25, 0.3) is 21.5 Å². The number of benzene rings is 3. The molecule has 1 aliphatic carbocycles. The Morgan fingerprint density at radius 1 is 0.846 bits per heavy atom. The van der Waals surface area contributed by atoms with Gasteiger partial charge in [-0.05, 0) is 76.0 Å². The average molecular weight is 363 g/mol. The summed E-state index contributed by atoms with van der Waals surface area (Å²) in [4.78, 5) is 10.2. The number of fused-ring (bicyclic) bond motifs is 5. The van der Waals surface area contributed by atoms with Crippen LogP contribution in [0.15, 0.2) is 71.5 Å². The molecule has 4 aromatic rings. The maximum atomic E-state index is 10.2. The van der Waals surface area contributed by atoms with Gasteiger partial charge in [-0.25, -0.2) is 0 Å². The first-order valence-corrected chi connectivity index (χ1v) is 9.26. The first-order chi connectivity index (χ1) is 12.7. The number of hydrogen-bond donors (Lipinski definition) is 0. The van der Waals surface area contributed by atoms with Crippen molar-refractivity contribution in [3.8, 4) is 0 Å². The van der Waals surface area contributed by atoms with Gasteiger partial charge in [0.2, 0.25) is 0 Å². The van der Waals surface area contributed by atoms with E-state index in [1.165, 1.54) is 65.8 Å². The zero-order chi connectivity index (χ0) is 17.9. The first-order valence-electron chi connectivity index (χ1n) is 8.88. The van der Waals surface area contributed by atoms with Crippen LogP contribution < -0.4 is 0 Å². The molecule has 0 radical (unpaired) electrons. The fraction of sp³-hybridized carbons (Fsp3) is 0.174. The Bertz CT molecular complexity index is 1060. The average Bonchev–Trinajstić information content (AvgIpc) is 3.23. The summed E-state index contributed by atoms with van der Waals surface area (Å²) in [6.07, 6.45) is 7.92. The molecule has 0 saturated carbocycles. The number of hydrogen-bond acceptors (Lipinski definition) is 2. The van der Waals surface area contributed by atoms with Gasteiger partial charge in [0.15, 0.2) is 0 Å². The highest BCUT2D eigenvalue weighted by atomic mass is 35.5. The van der Waals surface area contributed by atoms with E-state index in [-0.39, 0.29) is 0 Å². The van der Waals surface area contributed by atoms with E-state index < -0.39 is 5.24 Å². The highest BCUT2D eigenvalue weighted by Gasteiger charge is 2.13. The fourth-order valence-electron chi connectivity index (χ4n) is 3.72. The van der Waals surface area contributed by atoms with Crippen molar-refractivity contribution in [1.29, 1.82) is 0 Å². The molecule has 0 unspecified atom stereocenters. The van der Waals surface area contributed by atoms with E-state index in [9.17, 15) is 4.79 Å². The van der Waals surface area contributed by atoms with Gasteiger partial charge in [-0.15, -0.1) is 0 Å². The molecule has 5 rings (SSSR count). The molecule has 1 aromatic heterocycles. The Hall–Kier alpha value is -2.58. The van der Waals surface area contributed by atoms with Gasteiger partial charge in [-0.1, -0.05) is 48.5 Å². The summed E-state index contributed by atoms with van der Waals surface area (Å²) in [6, 6.07) is 19.5. The van der Waals surface area contributed by atoms with Crippen LogP contribution in [0.2, 0.25) is 0 Å². The minimum atomic E-state index is -0.487. The van der Waals surface area contributed by atoms with E-state index in [1.807, 2.05) is 0 Å². The van der Waals surface area contributed by atoms with Gasteiger partial charge in [0.1, 0.15) is 6.26 Å². The summed E-state index contributed by atoms with van der Waals surface area (Å²) in [5, 5.41) is 5.16. The zero-order valence-corrected chi connectivity index (χ0v) is 15.1. The summed E-state index contributed by atoms with van der Waals surface area (Å²) >= 11 is 5.05. The van der Waals surface area contributed by atoms with Crippen molar-refractivity contribution in [3.05, 3.63) is 83.8 Å². The van der Waals surface area contributed by atoms with Crippen LogP contribution >= 0.6 is 11.6 Å². The van der Waals surface area contributed by atoms with Crippen molar-refractivity contribution in [3.63, 3.8) is 0 Å². The van der Waals surface area contributed by atoms with E-state index in [0.717, 1.165) is 0 Å². The van der Waals surface area contributed by atoms with Crippen LogP contribution in [-0.4, -0.2) is 5.24 Å². The third kappa shape index (κ3) is 3.25. The van der Waals surface area contributed by atoms with Crippen LogP contribution in [0.4, 0.5) is 0 Å². The molecule has 0 spiro atoms. The van der Waals surface area contributed by atoms with Crippen molar-refractivity contribution in [1.82, 2.24) is 0 Å². The topological polar surface area (TPSA) is 30.2 Å². The molecule has 3 aromatic carbocycles. The molecular formula is C23H19ClO2. The quantitative estimate of drug-likeness (QED) is 0.284. The highest BCUT2D eigenvalue weighted by molar-refractivity contribution is 6.67. The smallest absolute Gasteiger partial charge is 0.255 e. The van der Waals surface area contributed by atoms with Crippen molar-refractivity contribution >= 4 is 38.4 Å². The molecule has 1 aliphatic rings. The summed E-state index contributed by atoms with van der Waals surface area (Å²) in [5.74, 6) is 0. The van der Waals surface area contributed by atoms with Gasteiger partial charge in [0.05, 0.1) is 11.8 Å².